The number of carbonyl (C=O) groups excluding carboxylic acids is 1. The first-order valence-corrected chi connectivity index (χ1v) is 11.3. The minimum absolute atomic E-state index is 0. The van der Waals surface area contributed by atoms with E-state index in [-0.39, 0.29) is 26.1 Å². The standard InChI is InChI=1S/C24H32N4O4.H2/c1-17(2)31-21-6-5-19(13-18(21)3)22(30)27-11-7-24(8-12-27)16-28(14-20(15-29)32-24)23-25-9-4-10-26-23;/h4-6,9-10,13,17,20,29H,7-8,11-12,14-16H2,1-3H3;1H. The van der Waals surface area contributed by atoms with Crippen molar-refractivity contribution in [3.63, 3.8) is 0 Å². The van der Waals surface area contributed by atoms with E-state index in [1.165, 1.54) is 0 Å². The van der Waals surface area contributed by atoms with Crippen LogP contribution in [-0.4, -0.2) is 76.5 Å². The van der Waals surface area contributed by atoms with Crippen molar-refractivity contribution >= 4 is 11.9 Å². The molecule has 32 heavy (non-hydrogen) atoms. The molecule has 1 atom stereocenters. The fourth-order valence-corrected chi connectivity index (χ4v) is 4.53. The lowest BCUT2D eigenvalue weighted by Gasteiger charge is -2.49. The van der Waals surface area contributed by atoms with E-state index in [0.717, 1.165) is 11.3 Å². The van der Waals surface area contributed by atoms with Gasteiger partial charge in [0, 0.05) is 39.0 Å². The van der Waals surface area contributed by atoms with Crippen LogP contribution >= 0.6 is 0 Å². The molecule has 0 saturated carbocycles. The summed E-state index contributed by atoms with van der Waals surface area (Å²) in [4.78, 5) is 25.8. The molecule has 2 fully saturated rings. The molecule has 8 heteroatoms. The second-order valence-corrected chi connectivity index (χ2v) is 8.97. The summed E-state index contributed by atoms with van der Waals surface area (Å²) in [6, 6.07) is 7.40. The Balaban J connectivity index is 0.00000306. The minimum atomic E-state index is -0.424. The summed E-state index contributed by atoms with van der Waals surface area (Å²) in [5.41, 5.74) is 1.21. The van der Waals surface area contributed by atoms with Gasteiger partial charge in [0.05, 0.1) is 31.0 Å². The van der Waals surface area contributed by atoms with Crippen molar-refractivity contribution in [1.29, 1.82) is 0 Å². The number of aliphatic hydroxyl groups is 1. The fraction of sp³-hybridized carbons (Fsp3) is 0.542. The molecular weight excluding hydrogens is 408 g/mol. The molecule has 2 aliphatic rings. The fourth-order valence-electron chi connectivity index (χ4n) is 4.53. The molecule has 1 spiro atoms. The lowest BCUT2D eigenvalue weighted by atomic mass is 9.88. The van der Waals surface area contributed by atoms with E-state index in [1.807, 2.05) is 43.9 Å². The Labute approximate surface area is 190 Å². The molecule has 1 aromatic heterocycles. The zero-order valence-electron chi connectivity index (χ0n) is 19.0. The molecule has 2 saturated heterocycles. The van der Waals surface area contributed by atoms with Gasteiger partial charge in [0.1, 0.15) is 5.75 Å². The lowest BCUT2D eigenvalue weighted by Crippen LogP contribution is -2.61. The number of hydrogen-bond acceptors (Lipinski definition) is 7. The van der Waals surface area contributed by atoms with Gasteiger partial charge in [0.15, 0.2) is 0 Å². The van der Waals surface area contributed by atoms with Gasteiger partial charge in [-0.05, 0) is 63.4 Å². The maximum absolute atomic E-state index is 13.1. The number of anilines is 1. The number of piperidine rings is 1. The van der Waals surface area contributed by atoms with E-state index >= 15 is 0 Å². The monoisotopic (exact) mass is 442 g/mol. The zero-order chi connectivity index (χ0) is 22.7. The van der Waals surface area contributed by atoms with Crippen LogP contribution in [0.3, 0.4) is 0 Å². The summed E-state index contributed by atoms with van der Waals surface area (Å²) in [6.07, 6.45) is 4.63. The second-order valence-electron chi connectivity index (χ2n) is 8.97. The Morgan fingerprint density at radius 1 is 1.31 bits per heavy atom. The molecule has 2 aliphatic heterocycles. The highest BCUT2D eigenvalue weighted by molar-refractivity contribution is 5.94. The third-order valence-electron chi connectivity index (χ3n) is 6.10. The van der Waals surface area contributed by atoms with Crippen molar-refractivity contribution in [2.75, 3.05) is 37.7 Å². The molecule has 1 N–H and O–H groups in total. The number of nitrogens with zero attached hydrogens (tertiary/aromatic N) is 4. The zero-order valence-corrected chi connectivity index (χ0v) is 19.0. The molecule has 0 aliphatic carbocycles. The molecule has 0 radical (unpaired) electrons. The van der Waals surface area contributed by atoms with Crippen molar-refractivity contribution in [2.45, 2.75) is 51.4 Å². The van der Waals surface area contributed by atoms with Crippen LogP contribution in [0.25, 0.3) is 0 Å². The Hall–Kier alpha value is -2.71. The smallest absolute Gasteiger partial charge is 0.253 e. The molecule has 2 aromatic rings. The largest absolute Gasteiger partial charge is 0.491 e. The van der Waals surface area contributed by atoms with E-state index in [9.17, 15) is 9.90 Å². The van der Waals surface area contributed by atoms with Crippen LogP contribution in [0, 0.1) is 6.92 Å². The average molecular weight is 443 g/mol. The van der Waals surface area contributed by atoms with Crippen molar-refractivity contribution < 1.29 is 20.8 Å². The molecule has 1 amide bonds. The van der Waals surface area contributed by atoms with Gasteiger partial charge in [0.25, 0.3) is 5.91 Å². The van der Waals surface area contributed by atoms with Gasteiger partial charge >= 0.3 is 0 Å². The summed E-state index contributed by atoms with van der Waals surface area (Å²) in [5, 5.41) is 9.79. The number of morpholine rings is 1. The number of benzene rings is 1. The maximum atomic E-state index is 13.1. The van der Waals surface area contributed by atoms with Gasteiger partial charge in [-0.25, -0.2) is 9.97 Å². The summed E-state index contributed by atoms with van der Waals surface area (Å²) in [7, 11) is 0. The topological polar surface area (TPSA) is 88.0 Å². The maximum Gasteiger partial charge on any atom is 0.253 e. The molecule has 4 rings (SSSR count). The van der Waals surface area contributed by atoms with Crippen LogP contribution in [-0.2, 0) is 4.74 Å². The normalized spacial score (nSPS) is 20.6. The molecule has 0 bridgehead atoms. The number of aromatic nitrogens is 2. The quantitative estimate of drug-likeness (QED) is 0.762. The molecule has 8 nitrogen and oxygen atoms in total. The molecule has 174 valence electrons. The highest BCUT2D eigenvalue weighted by Gasteiger charge is 2.44. The molecule has 1 unspecified atom stereocenters. The predicted octanol–water partition coefficient (Wildman–Crippen LogP) is 2.69. The van der Waals surface area contributed by atoms with Gasteiger partial charge < -0.3 is 24.4 Å². The first-order chi connectivity index (χ1) is 15.4. The number of carbonyl (C=O) groups is 1. The van der Waals surface area contributed by atoms with E-state index in [4.69, 9.17) is 9.47 Å². The van der Waals surface area contributed by atoms with Crippen LogP contribution in [0.5, 0.6) is 5.75 Å². The van der Waals surface area contributed by atoms with E-state index in [2.05, 4.69) is 14.9 Å². The summed E-state index contributed by atoms with van der Waals surface area (Å²) in [6.45, 7) is 8.28. The van der Waals surface area contributed by atoms with E-state index < -0.39 is 5.60 Å². The Morgan fingerprint density at radius 3 is 2.66 bits per heavy atom. The highest BCUT2D eigenvalue weighted by atomic mass is 16.5. The van der Waals surface area contributed by atoms with Crippen molar-refractivity contribution in [3.05, 3.63) is 47.8 Å². The van der Waals surface area contributed by atoms with Gasteiger partial charge in [-0.2, -0.15) is 0 Å². The van der Waals surface area contributed by atoms with Crippen LogP contribution in [0.4, 0.5) is 5.95 Å². The second kappa shape index (κ2) is 9.42. The van der Waals surface area contributed by atoms with Crippen LogP contribution in [0.2, 0.25) is 0 Å². The van der Waals surface area contributed by atoms with Crippen LogP contribution in [0.15, 0.2) is 36.7 Å². The van der Waals surface area contributed by atoms with E-state index in [0.29, 0.717) is 50.5 Å². The SMILES string of the molecule is Cc1cc(C(=O)N2CCC3(CC2)CN(c2ncccn2)CC(CO)O3)ccc1OC(C)C.[HH]. The Bertz CT molecular complexity index is 935. The Kier molecular flexibility index (Phi) is 6.62. The number of hydrogen-bond donors (Lipinski definition) is 1. The number of aryl methyl sites for hydroxylation is 1. The minimum Gasteiger partial charge on any atom is -0.491 e. The average Bonchev–Trinajstić information content (AvgIpc) is 2.80. The summed E-state index contributed by atoms with van der Waals surface area (Å²) in [5.74, 6) is 1.48. The lowest BCUT2D eigenvalue weighted by molar-refractivity contribution is -0.141. The molecular formula is C24H34N4O4. The predicted molar refractivity (Wildman–Crippen MR) is 123 cm³/mol. The van der Waals surface area contributed by atoms with Crippen molar-refractivity contribution in [2.24, 2.45) is 0 Å². The number of aliphatic hydroxyl groups excluding tert-OH is 1. The van der Waals surface area contributed by atoms with E-state index in [1.54, 1.807) is 18.5 Å². The Morgan fingerprint density at radius 2 is 2.03 bits per heavy atom. The van der Waals surface area contributed by atoms with Crippen molar-refractivity contribution in [3.8, 4) is 5.75 Å². The first kappa shape index (κ1) is 22.5. The van der Waals surface area contributed by atoms with Crippen LogP contribution in [0.1, 0.15) is 44.0 Å². The van der Waals surface area contributed by atoms with Crippen molar-refractivity contribution in [1.82, 2.24) is 14.9 Å². The number of likely N-dealkylation sites (tertiary alicyclic amines) is 1. The summed E-state index contributed by atoms with van der Waals surface area (Å²) < 4.78 is 12.1. The molecule has 3 heterocycles. The van der Waals surface area contributed by atoms with Gasteiger partial charge in [-0.3, -0.25) is 4.79 Å². The number of ether oxygens (including phenoxy) is 2. The molecule has 1 aromatic carbocycles. The van der Waals surface area contributed by atoms with Crippen LogP contribution < -0.4 is 9.64 Å². The van der Waals surface area contributed by atoms with Gasteiger partial charge in [-0.1, -0.05) is 0 Å². The summed E-state index contributed by atoms with van der Waals surface area (Å²) >= 11 is 0. The third-order valence-corrected chi connectivity index (χ3v) is 6.10. The number of rotatable bonds is 5. The van der Waals surface area contributed by atoms with Gasteiger partial charge in [-0.15, -0.1) is 0 Å². The van der Waals surface area contributed by atoms with Gasteiger partial charge in [0.2, 0.25) is 5.95 Å². The number of amides is 1. The first-order valence-electron chi connectivity index (χ1n) is 11.3. The third kappa shape index (κ3) is 4.86. The highest BCUT2D eigenvalue weighted by Crippen LogP contribution is 2.34.